The summed E-state index contributed by atoms with van der Waals surface area (Å²) in [5.41, 5.74) is 0.348. The first-order valence-electron chi connectivity index (χ1n) is 7.48. The van der Waals surface area contributed by atoms with Crippen molar-refractivity contribution in [2.45, 2.75) is 45.9 Å². The van der Waals surface area contributed by atoms with Crippen LogP contribution >= 0.6 is 0 Å². The zero-order valence-electron chi connectivity index (χ0n) is 13.5. The molecule has 5 nitrogen and oxygen atoms in total. The smallest absolute Gasteiger partial charge is 0.411 e. The van der Waals surface area contributed by atoms with Gasteiger partial charge in [-0.25, -0.2) is 9.59 Å². The molecule has 1 aliphatic heterocycles. The van der Waals surface area contributed by atoms with E-state index in [0.717, 1.165) is 5.56 Å². The largest absolute Gasteiger partial charge is 0.459 e. The first kappa shape index (κ1) is 16.3. The number of hydrogen-bond acceptors (Lipinski definition) is 4. The number of amides is 1. The van der Waals surface area contributed by atoms with Crippen molar-refractivity contribution in [3.63, 3.8) is 0 Å². The third-order valence-corrected chi connectivity index (χ3v) is 3.45. The van der Waals surface area contributed by atoms with Gasteiger partial charge in [-0.1, -0.05) is 37.3 Å². The zero-order chi connectivity index (χ0) is 16.3. The maximum Gasteiger partial charge on any atom is 0.411 e. The normalized spacial score (nSPS) is 21.0. The van der Waals surface area contributed by atoms with Crippen LogP contribution < -0.4 is 0 Å². The van der Waals surface area contributed by atoms with Crippen LogP contribution in [0.2, 0.25) is 0 Å². The van der Waals surface area contributed by atoms with Crippen LogP contribution in [-0.2, 0) is 20.9 Å². The van der Waals surface area contributed by atoms with Crippen LogP contribution in [0.1, 0.15) is 33.3 Å². The quantitative estimate of drug-likeness (QED) is 0.806. The fraction of sp³-hybridized carbons (Fsp3) is 0.529. The summed E-state index contributed by atoms with van der Waals surface area (Å²) in [5.74, 6) is -0.302. The molecule has 2 atom stereocenters. The summed E-state index contributed by atoms with van der Waals surface area (Å²) in [6.07, 6.45) is -0.465. The lowest BCUT2D eigenvalue weighted by Crippen LogP contribution is -2.62. The molecule has 0 N–H and O–H groups in total. The minimum absolute atomic E-state index is 0.0794. The number of carbonyl (C=O) groups is 2. The van der Waals surface area contributed by atoms with Crippen molar-refractivity contribution in [1.29, 1.82) is 0 Å². The minimum Gasteiger partial charge on any atom is -0.459 e. The predicted octanol–water partition coefficient (Wildman–Crippen LogP) is 2.99. The SMILES string of the molecule is C[C@H]1CN(C(=O)OC(C)(C)C)[C@H]1C(=O)OCc1ccccc1. The van der Waals surface area contributed by atoms with Gasteiger partial charge in [0.25, 0.3) is 0 Å². The number of hydrogen-bond donors (Lipinski definition) is 0. The lowest BCUT2D eigenvalue weighted by atomic mass is 9.91. The molecular formula is C17H23NO4. The van der Waals surface area contributed by atoms with Gasteiger partial charge >= 0.3 is 12.1 Å². The zero-order valence-corrected chi connectivity index (χ0v) is 13.5. The first-order chi connectivity index (χ1) is 10.3. The Hall–Kier alpha value is -2.04. The lowest BCUT2D eigenvalue weighted by Gasteiger charge is -2.44. The molecule has 1 heterocycles. The van der Waals surface area contributed by atoms with Crippen LogP contribution in [0.25, 0.3) is 0 Å². The van der Waals surface area contributed by atoms with Crippen LogP contribution in [0, 0.1) is 5.92 Å². The monoisotopic (exact) mass is 305 g/mol. The van der Waals surface area contributed by atoms with E-state index in [4.69, 9.17) is 9.47 Å². The van der Waals surface area contributed by atoms with Gasteiger partial charge in [-0.2, -0.15) is 0 Å². The minimum atomic E-state index is -0.575. The molecule has 2 rings (SSSR count). The van der Waals surface area contributed by atoms with Crippen LogP contribution in [0.4, 0.5) is 4.79 Å². The Morgan fingerprint density at radius 3 is 2.41 bits per heavy atom. The number of ether oxygens (including phenoxy) is 2. The maximum atomic E-state index is 12.2. The van der Waals surface area contributed by atoms with Gasteiger partial charge in [0.05, 0.1) is 0 Å². The van der Waals surface area contributed by atoms with Gasteiger partial charge in [0, 0.05) is 12.5 Å². The molecule has 120 valence electrons. The van der Waals surface area contributed by atoms with Crippen molar-refractivity contribution in [2.75, 3.05) is 6.54 Å². The molecule has 0 unspecified atom stereocenters. The summed E-state index contributed by atoms with van der Waals surface area (Å²) in [5, 5.41) is 0. The predicted molar refractivity (Wildman–Crippen MR) is 82.1 cm³/mol. The second-order valence-electron chi connectivity index (χ2n) is 6.65. The molecule has 1 amide bonds. The molecule has 1 aromatic rings. The maximum absolute atomic E-state index is 12.2. The van der Waals surface area contributed by atoms with Crippen LogP contribution in [-0.4, -0.2) is 35.2 Å². The Morgan fingerprint density at radius 1 is 1.23 bits per heavy atom. The standard InChI is InChI=1S/C17H23NO4/c1-12-10-18(16(20)22-17(2,3)4)14(12)15(19)21-11-13-8-6-5-7-9-13/h5-9,12,14H,10-11H2,1-4H3/t12-,14+/m0/s1. The molecule has 1 saturated heterocycles. The van der Waals surface area contributed by atoms with Crippen molar-refractivity contribution in [2.24, 2.45) is 5.92 Å². The Kier molecular flexibility index (Phi) is 4.74. The van der Waals surface area contributed by atoms with Crippen LogP contribution in [0.3, 0.4) is 0 Å². The Balaban J connectivity index is 1.91. The number of rotatable bonds is 3. The molecule has 1 aliphatic rings. The van der Waals surface area contributed by atoms with Crippen molar-refractivity contribution in [1.82, 2.24) is 4.90 Å². The van der Waals surface area contributed by atoms with E-state index >= 15 is 0 Å². The number of carbonyl (C=O) groups excluding carboxylic acids is 2. The van der Waals surface area contributed by atoms with Crippen molar-refractivity contribution < 1.29 is 19.1 Å². The fourth-order valence-corrected chi connectivity index (χ4v) is 2.38. The van der Waals surface area contributed by atoms with Gasteiger partial charge < -0.3 is 9.47 Å². The summed E-state index contributed by atoms with van der Waals surface area (Å²) < 4.78 is 10.6. The van der Waals surface area contributed by atoms with E-state index in [9.17, 15) is 9.59 Å². The molecular weight excluding hydrogens is 282 g/mol. The second-order valence-corrected chi connectivity index (χ2v) is 6.65. The fourth-order valence-electron chi connectivity index (χ4n) is 2.38. The van der Waals surface area contributed by atoms with Gasteiger partial charge in [0.15, 0.2) is 0 Å². The van der Waals surface area contributed by atoms with E-state index in [1.807, 2.05) is 37.3 Å². The number of likely N-dealkylation sites (tertiary alicyclic amines) is 1. The van der Waals surface area contributed by atoms with Gasteiger partial charge in [0.1, 0.15) is 18.2 Å². The third-order valence-electron chi connectivity index (χ3n) is 3.45. The highest BCUT2D eigenvalue weighted by Gasteiger charge is 2.46. The number of benzene rings is 1. The molecule has 5 heteroatoms. The summed E-state index contributed by atoms with van der Waals surface area (Å²) in [7, 11) is 0. The highest BCUT2D eigenvalue weighted by Crippen LogP contribution is 2.28. The Labute approximate surface area is 131 Å². The molecule has 1 aromatic carbocycles. The number of esters is 1. The van der Waals surface area contributed by atoms with Crippen LogP contribution in [0.15, 0.2) is 30.3 Å². The summed E-state index contributed by atoms with van der Waals surface area (Å²) in [6.45, 7) is 8.06. The van der Waals surface area contributed by atoms with Gasteiger partial charge in [-0.15, -0.1) is 0 Å². The average molecular weight is 305 g/mol. The summed E-state index contributed by atoms with van der Waals surface area (Å²) in [6, 6.07) is 8.92. The van der Waals surface area contributed by atoms with Gasteiger partial charge in [-0.05, 0) is 26.3 Å². The molecule has 0 spiro atoms. The number of nitrogens with zero attached hydrogens (tertiary/aromatic N) is 1. The Bertz CT molecular complexity index is 535. The van der Waals surface area contributed by atoms with Crippen molar-refractivity contribution in [3.8, 4) is 0 Å². The van der Waals surface area contributed by atoms with E-state index in [1.54, 1.807) is 20.8 Å². The Morgan fingerprint density at radius 2 is 1.86 bits per heavy atom. The second kappa shape index (κ2) is 6.38. The third kappa shape index (κ3) is 4.00. The van der Waals surface area contributed by atoms with Gasteiger partial charge in [-0.3, -0.25) is 4.90 Å². The molecule has 0 bridgehead atoms. The summed E-state index contributed by atoms with van der Waals surface area (Å²) in [4.78, 5) is 25.7. The topological polar surface area (TPSA) is 55.8 Å². The molecule has 22 heavy (non-hydrogen) atoms. The lowest BCUT2D eigenvalue weighted by molar-refractivity contribution is -0.160. The van der Waals surface area contributed by atoms with E-state index < -0.39 is 17.7 Å². The van der Waals surface area contributed by atoms with E-state index in [-0.39, 0.29) is 18.5 Å². The highest BCUT2D eigenvalue weighted by molar-refractivity contribution is 5.83. The first-order valence-corrected chi connectivity index (χ1v) is 7.48. The highest BCUT2D eigenvalue weighted by atomic mass is 16.6. The molecule has 0 radical (unpaired) electrons. The van der Waals surface area contributed by atoms with Gasteiger partial charge in [0.2, 0.25) is 0 Å². The van der Waals surface area contributed by atoms with E-state index in [0.29, 0.717) is 6.54 Å². The molecule has 0 saturated carbocycles. The van der Waals surface area contributed by atoms with Crippen molar-refractivity contribution >= 4 is 12.1 Å². The average Bonchev–Trinajstić information content (AvgIpc) is 2.41. The molecule has 1 fully saturated rings. The summed E-state index contributed by atoms with van der Waals surface area (Å²) >= 11 is 0. The van der Waals surface area contributed by atoms with Crippen molar-refractivity contribution in [3.05, 3.63) is 35.9 Å². The van der Waals surface area contributed by atoms with Crippen LogP contribution in [0.5, 0.6) is 0 Å². The van der Waals surface area contributed by atoms with E-state index in [2.05, 4.69) is 0 Å². The van der Waals surface area contributed by atoms with E-state index in [1.165, 1.54) is 4.90 Å². The molecule has 0 aliphatic carbocycles. The molecule has 0 aromatic heterocycles.